The first kappa shape index (κ1) is 14.3. The summed E-state index contributed by atoms with van der Waals surface area (Å²) >= 11 is 0. The molecule has 0 spiro atoms. The van der Waals surface area contributed by atoms with E-state index < -0.39 is 12.2 Å². The van der Waals surface area contributed by atoms with Gasteiger partial charge in [0.25, 0.3) is 0 Å². The first-order valence-corrected chi connectivity index (χ1v) is 6.38. The van der Waals surface area contributed by atoms with E-state index in [4.69, 9.17) is 5.73 Å². The number of aliphatic hydroxyl groups excluding tert-OH is 2. The lowest BCUT2D eigenvalue weighted by atomic mass is 9.96. The zero-order chi connectivity index (χ0) is 14.7. The number of amides is 1. The molecule has 5 nitrogen and oxygen atoms in total. The van der Waals surface area contributed by atoms with E-state index >= 15 is 0 Å². The second-order valence-corrected chi connectivity index (χ2v) is 4.74. The van der Waals surface area contributed by atoms with E-state index in [0.29, 0.717) is 11.3 Å². The van der Waals surface area contributed by atoms with Crippen molar-refractivity contribution in [3.05, 3.63) is 42.0 Å². The molecule has 20 heavy (non-hydrogen) atoms. The summed E-state index contributed by atoms with van der Waals surface area (Å²) in [5.41, 5.74) is 7.11. The number of hydrogen-bond acceptors (Lipinski definition) is 4. The normalized spacial score (nSPS) is 13.9. The Morgan fingerprint density at radius 1 is 1.20 bits per heavy atom. The van der Waals surface area contributed by atoms with E-state index in [1.54, 1.807) is 24.3 Å². The lowest BCUT2D eigenvalue weighted by Gasteiger charge is -2.20. The Bertz CT molecular complexity index is 628. The van der Waals surface area contributed by atoms with Crippen molar-refractivity contribution in [3.8, 4) is 0 Å². The predicted octanol–water partition coefficient (Wildman–Crippen LogP) is 0.952. The summed E-state index contributed by atoms with van der Waals surface area (Å²) in [6, 6.07) is 10.8. The van der Waals surface area contributed by atoms with Crippen LogP contribution in [0, 0.1) is 0 Å². The molecule has 106 valence electrons. The van der Waals surface area contributed by atoms with Crippen LogP contribution in [0.25, 0.3) is 10.8 Å². The number of fused-ring (bicyclic) bond motifs is 1. The van der Waals surface area contributed by atoms with Gasteiger partial charge in [-0.1, -0.05) is 30.3 Å². The summed E-state index contributed by atoms with van der Waals surface area (Å²) in [4.78, 5) is 10.8. The molecule has 0 heterocycles. The van der Waals surface area contributed by atoms with Crippen LogP contribution in [0.4, 0.5) is 5.69 Å². The van der Waals surface area contributed by atoms with Gasteiger partial charge >= 0.3 is 0 Å². The number of hydrogen-bond donors (Lipinski definition) is 4. The highest BCUT2D eigenvalue weighted by molar-refractivity contribution is 5.95. The van der Waals surface area contributed by atoms with E-state index in [2.05, 4.69) is 5.32 Å². The fourth-order valence-corrected chi connectivity index (χ4v) is 2.18. The predicted molar refractivity (Wildman–Crippen MR) is 78.0 cm³/mol. The number of carbonyl (C=O) groups is 1. The van der Waals surface area contributed by atoms with Gasteiger partial charge in [-0.3, -0.25) is 4.79 Å². The number of benzene rings is 2. The Balaban J connectivity index is 2.32. The number of aliphatic hydroxyl groups is 2. The Morgan fingerprint density at radius 2 is 1.85 bits per heavy atom. The second-order valence-electron chi connectivity index (χ2n) is 4.74. The number of nitrogen functional groups attached to an aromatic ring is 1. The number of rotatable bonds is 4. The van der Waals surface area contributed by atoms with Gasteiger partial charge in [0.15, 0.2) is 0 Å². The Morgan fingerprint density at radius 3 is 2.55 bits per heavy atom. The van der Waals surface area contributed by atoms with Crippen LogP contribution < -0.4 is 11.1 Å². The van der Waals surface area contributed by atoms with Crippen LogP contribution in [-0.2, 0) is 4.79 Å². The lowest BCUT2D eigenvalue weighted by molar-refractivity contribution is -0.119. The zero-order valence-corrected chi connectivity index (χ0v) is 11.2. The number of nitrogens with one attached hydrogen (secondary N) is 1. The quantitative estimate of drug-likeness (QED) is 0.624. The third-order valence-electron chi connectivity index (χ3n) is 3.23. The molecule has 0 bridgehead atoms. The van der Waals surface area contributed by atoms with Crippen molar-refractivity contribution in [1.29, 1.82) is 0 Å². The first-order valence-electron chi connectivity index (χ1n) is 6.38. The maximum absolute atomic E-state index is 10.8. The molecule has 0 aliphatic carbocycles. The van der Waals surface area contributed by atoms with Gasteiger partial charge in [0, 0.05) is 24.5 Å². The molecule has 0 aromatic heterocycles. The molecule has 2 unspecified atom stereocenters. The molecule has 0 saturated heterocycles. The summed E-state index contributed by atoms with van der Waals surface area (Å²) < 4.78 is 0. The highest BCUT2D eigenvalue weighted by Gasteiger charge is 2.20. The molecule has 2 aromatic carbocycles. The highest BCUT2D eigenvalue weighted by Crippen LogP contribution is 2.29. The molecule has 5 heteroatoms. The standard InChI is InChI=1S/C15H18N2O3/c1-9(18)17-8-14(19)15(20)12-6-2-5-11-10(12)4-3-7-13(11)16/h2-7,14-15,19-20H,8,16H2,1H3,(H,17,18). The van der Waals surface area contributed by atoms with Gasteiger partial charge in [0.1, 0.15) is 12.2 Å². The number of anilines is 1. The van der Waals surface area contributed by atoms with Crippen LogP contribution in [0.15, 0.2) is 36.4 Å². The summed E-state index contributed by atoms with van der Waals surface area (Å²) in [5.74, 6) is -0.251. The summed E-state index contributed by atoms with van der Waals surface area (Å²) in [6.45, 7) is 1.35. The van der Waals surface area contributed by atoms with E-state index in [-0.39, 0.29) is 12.5 Å². The van der Waals surface area contributed by atoms with Gasteiger partial charge in [-0.05, 0) is 17.0 Å². The van der Waals surface area contributed by atoms with Crippen molar-refractivity contribution in [2.75, 3.05) is 12.3 Å². The third kappa shape index (κ3) is 2.89. The van der Waals surface area contributed by atoms with Crippen LogP contribution in [0.3, 0.4) is 0 Å². The van der Waals surface area contributed by atoms with Crippen LogP contribution in [0.2, 0.25) is 0 Å². The summed E-state index contributed by atoms with van der Waals surface area (Å²) in [5, 5.41) is 24.3. The zero-order valence-electron chi connectivity index (χ0n) is 11.2. The van der Waals surface area contributed by atoms with Crippen molar-refractivity contribution in [2.24, 2.45) is 0 Å². The van der Waals surface area contributed by atoms with Crippen LogP contribution in [0.1, 0.15) is 18.6 Å². The van der Waals surface area contributed by atoms with Gasteiger partial charge in [0.05, 0.1) is 0 Å². The van der Waals surface area contributed by atoms with Crippen LogP contribution in [0.5, 0.6) is 0 Å². The molecule has 5 N–H and O–H groups in total. The first-order chi connectivity index (χ1) is 9.50. The minimum atomic E-state index is -1.09. The summed E-state index contributed by atoms with van der Waals surface area (Å²) in [7, 11) is 0. The maximum atomic E-state index is 10.8. The van der Waals surface area contributed by atoms with Gasteiger partial charge < -0.3 is 21.3 Å². The minimum Gasteiger partial charge on any atom is -0.398 e. The monoisotopic (exact) mass is 274 g/mol. The number of carbonyl (C=O) groups excluding carboxylic acids is 1. The Hall–Kier alpha value is -2.11. The van der Waals surface area contributed by atoms with Crippen molar-refractivity contribution in [2.45, 2.75) is 19.1 Å². The molecular formula is C15H18N2O3. The molecule has 2 atom stereocenters. The summed E-state index contributed by atoms with van der Waals surface area (Å²) in [6.07, 6.45) is -2.17. The smallest absolute Gasteiger partial charge is 0.216 e. The molecule has 0 aliphatic heterocycles. The van der Waals surface area contributed by atoms with E-state index in [0.717, 1.165) is 10.8 Å². The fraction of sp³-hybridized carbons (Fsp3) is 0.267. The fourth-order valence-electron chi connectivity index (χ4n) is 2.18. The Labute approximate surface area is 117 Å². The largest absolute Gasteiger partial charge is 0.398 e. The molecule has 0 fully saturated rings. The molecule has 2 aromatic rings. The van der Waals surface area contributed by atoms with Gasteiger partial charge in [0.2, 0.25) is 5.91 Å². The van der Waals surface area contributed by atoms with Gasteiger partial charge in [-0.15, -0.1) is 0 Å². The van der Waals surface area contributed by atoms with E-state index in [1.807, 2.05) is 12.1 Å². The average Bonchev–Trinajstić information content (AvgIpc) is 2.44. The lowest BCUT2D eigenvalue weighted by Crippen LogP contribution is -2.34. The second kappa shape index (κ2) is 5.90. The SMILES string of the molecule is CC(=O)NCC(O)C(O)c1cccc2c(N)cccc12. The molecular weight excluding hydrogens is 256 g/mol. The Kier molecular flexibility index (Phi) is 4.22. The third-order valence-corrected chi connectivity index (χ3v) is 3.23. The number of nitrogens with two attached hydrogens (primary N) is 1. The van der Waals surface area contributed by atoms with E-state index in [9.17, 15) is 15.0 Å². The van der Waals surface area contributed by atoms with Gasteiger partial charge in [-0.25, -0.2) is 0 Å². The molecule has 0 aliphatic rings. The van der Waals surface area contributed by atoms with Crippen molar-refractivity contribution in [3.63, 3.8) is 0 Å². The topological polar surface area (TPSA) is 95.6 Å². The average molecular weight is 274 g/mol. The molecule has 0 saturated carbocycles. The molecule has 1 amide bonds. The van der Waals surface area contributed by atoms with Crippen LogP contribution in [-0.4, -0.2) is 28.8 Å². The molecule has 0 radical (unpaired) electrons. The highest BCUT2D eigenvalue weighted by atomic mass is 16.3. The van der Waals surface area contributed by atoms with E-state index in [1.165, 1.54) is 6.92 Å². The van der Waals surface area contributed by atoms with Gasteiger partial charge in [-0.2, -0.15) is 0 Å². The maximum Gasteiger partial charge on any atom is 0.216 e. The van der Waals surface area contributed by atoms with Crippen molar-refractivity contribution in [1.82, 2.24) is 5.32 Å². The van der Waals surface area contributed by atoms with Crippen molar-refractivity contribution >= 4 is 22.4 Å². The molecule has 2 rings (SSSR count). The van der Waals surface area contributed by atoms with Crippen LogP contribution >= 0.6 is 0 Å². The van der Waals surface area contributed by atoms with Crippen molar-refractivity contribution < 1.29 is 15.0 Å². The minimum absolute atomic E-state index is 0.00476.